The van der Waals surface area contributed by atoms with Gasteiger partial charge in [-0.2, -0.15) is 5.10 Å². The Morgan fingerprint density at radius 2 is 1.65 bits per heavy atom. The number of nitrogens with zero attached hydrogens (tertiary/aromatic N) is 2. The fourth-order valence-corrected chi connectivity index (χ4v) is 3.94. The number of aromatic nitrogens is 1. The number of nitrogens with one attached hydrogen (secondary N) is 1. The molecule has 0 aliphatic rings. The smallest absolute Gasteiger partial charge is 0.335 e. The highest BCUT2D eigenvalue weighted by molar-refractivity contribution is 5.95. The van der Waals surface area contributed by atoms with E-state index in [1.54, 1.807) is 36.4 Å². The average Bonchev–Trinajstić information content (AvgIpc) is 3.25. The first-order chi connectivity index (χ1) is 17.9. The van der Waals surface area contributed by atoms with Crippen molar-refractivity contribution in [2.24, 2.45) is 5.10 Å². The van der Waals surface area contributed by atoms with Crippen molar-refractivity contribution in [3.8, 4) is 17.2 Å². The van der Waals surface area contributed by atoms with Gasteiger partial charge in [0.2, 0.25) is 0 Å². The molecule has 0 radical (unpaired) electrons. The highest BCUT2D eigenvalue weighted by atomic mass is 16.5. The standard InChI is InChI=1S/C29H27N3O5/c1-19-10-11-20(2)32(19)25-8-4-6-23(16-25)28(33)31-30-17-24-7-5-9-26(36-3)27(24)37-18-21-12-14-22(15-13-21)29(34)35/h4-17H,18H2,1-3H3,(H,31,33)(H,34,35)/b30-17-. The summed E-state index contributed by atoms with van der Waals surface area (Å²) in [6.45, 7) is 4.23. The quantitative estimate of drug-likeness (QED) is 0.246. The Hall–Kier alpha value is -4.85. The number of para-hydroxylation sites is 1. The molecule has 8 nitrogen and oxygen atoms in total. The van der Waals surface area contributed by atoms with Gasteiger partial charge >= 0.3 is 5.97 Å². The number of amides is 1. The van der Waals surface area contributed by atoms with Crippen LogP contribution in [-0.2, 0) is 6.61 Å². The number of carboxylic acids is 1. The molecule has 0 aliphatic carbocycles. The number of carbonyl (C=O) groups is 2. The second-order valence-corrected chi connectivity index (χ2v) is 8.37. The third kappa shape index (κ3) is 5.87. The Bertz CT molecular complexity index is 1440. The molecule has 4 aromatic rings. The molecule has 0 unspecified atom stereocenters. The third-order valence-electron chi connectivity index (χ3n) is 5.82. The topological polar surface area (TPSA) is 102 Å². The molecule has 188 valence electrons. The highest BCUT2D eigenvalue weighted by Gasteiger charge is 2.12. The van der Waals surface area contributed by atoms with Gasteiger partial charge in [0.25, 0.3) is 5.91 Å². The summed E-state index contributed by atoms with van der Waals surface area (Å²) in [6.07, 6.45) is 1.49. The molecule has 0 atom stereocenters. The molecular formula is C29H27N3O5. The Kier molecular flexibility index (Phi) is 7.68. The van der Waals surface area contributed by atoms with Gasteiger partial charge in [-0.25, -0.2) is 10.2 Å². The second-order valence-electron chi connectivity index (χ2n) is 8.37. The van der Waals surface area contributed by atoms with E-state index in [4.69, 9.17) is 14.6 Å². The number of carboxylic acid groups (broad SMARTS) is 1. The summed E-state index contributed by atoms with van der Waals surface area (Å²) in [5.41, 5.74) is 7.71. The van der Waals surface area contributed by atoms with Crippen molar-refractivity contribution in [1.82, 2.24) is 9.99 Å². The minimum atomic E-state index is -0.987. The van der Waals surface area contributed by atoms with Crippen LogP contribution in [0.2, 0.25) is 0 Å². The zero-order valence-electron chi connectivity index (χ0n) is 20.8. The fourth-order valence-electron chi connectivity index (χ4n) is 3.94. The van der Waals surface area contributed by atoms with Gasteiger partial charge < -0.3 is 19.1 Å². The Morgan fingerprint density at radius 3 is 2.32 bits per heavy atom. The van der Waals surface area contributed by atoms with Gasteiger partial charge in [-0.05, 0) is 74.0 Å². The minimum Gasteiger partial charge on any atom is -0.493 e. The van der Waals surface area contributed by atoms with Crippen LogP contribution in [0.1, 0.15) is 43.2 Å². The van der Waals surface area contributed by atoms with E-state index in [-0.39, 0.29) is 18.1 Å². The number of aromatic carboxylic acids is 1. The predicted octanol–water partition coefficient (Wildman–Crippen LogP) is 5.14. The molecule has 2 N–H and O–H groups in total. The number of carbonyl (C=O) groups excluding carboxylic acids is 1. The van der Waals surface area contributed by atoms with E-state index in [2.05, 4.69) is 15.1 Å². The van der Waals surface area contributed by atoms with Gasteiger partial charge in [0.05, 0.1) is 18.9 Å². The lowest BCUT2D eigenvalue weighted by Gasteiger charge is -2.13. The predicted molar refractivity (Wildman–Crippen MR) is 141 cm³/mol. The van der Waals surface area contributed by atoms with Crippen LogP contribution < -0.4 is 14.9 Å². The summed E-state index contributed by atoms with van der Waals surface area (Å²) in [5.74, 6) is -0.377. The first-order valence-electron chi connectivity index (χ1n) is 11.6. The second kappa shape index (κ2) is 11.3. The number of aryl methyl sites for hydroxylation is 2. The van der Waals surface area contributed by atoms with E-state index in [0.717, 1.165) is 22.6 Å². The molecule has 1 amide bonds. The van der Waals surface area contributed by atoms with Crippen molar-refractivity contribution < 1.29 is 24.2 Å². The Balaban J connectivity index is 1.48. The van der Waals surface area contributed by atoms with Gasteiger partial charge in [0.1, 0.15) is 6.61 Å². The van der Waals surface area contributed by atoms with Crippen LogP contribution in [0.15, 0.2) is 84.0 Å². The number of methoxy groups -OCH3 is 1. The molecule has 0 spiro atoms. The van der Waals surface area contributed by atoms with Crippen LogP contribution >= 0.6 is 0 Å². The summed E-state index contributed by atoms with van der Waals surface area (Å²) in [5, 5.41) is 13.2. The van der Waals surface area contributed by atoms with Gasteiger partial charge in [-0.3, -0.25) is 4.79 Å². The van der Waals surface area contributed by atoms with Gasteiger partial charge in [0, 0.05) is 28.2 Å². The van der Waals surface area contributed by atoms with Crippen LogP contribution in [0.4, 0.5) is 0 Å². The number of hydrogen-bond donors (Lipinski definition) is 2. The summed E-state index contributed by atoms with van der Waals surface area (Å²) < 4.78 is 13.5. The molecular weight excluding hydrogens is 470 g/mol. The molecule has 3 aromatic carbocycles. The first-order valence-corrected chi connectivity index (χ1v) is 11.6. The molecule has 1 heterocycles. The normalized spacial score (nSPS) is 10.9. The maximum Gasteiger partial charge on any atom is 0.335 e. The lowest BCUT2D eigenvalue weighted by molar-refractivity contribution is 0.0696. The van der Waals surface area contributed by atoms with Crippen LogP contribution in [0.5, 0.6) is 11.5 Å². The molecule has 0 saturated heterocycles. The Labute approximate surface area is 214 Å². The monoisotopic (exact) mass is 497 g/mol. The maximum atomic E-state index is 12.8. The Morgan fingerprint density at radius 1 is 0.946 bits per heavy atom. The summed E-state index contributed by atoms with van der Waals surface area (Å²) in [7, 11) is 1.54. The maximum absolute atomic E-state index is 12.8. The third-order valence-corrected chi connectivity index (χ3v) is 5.82. The van der Waals surface area contributed by atoms with Crippen LogP contribution in [0.25, 0.3) is 5.69 Å². The molecule has 4 rings (SSSR count). The first kappa shape index (κ1) is 25.2. The van der Waals surface area contributed by atoms with Crippen molar-refractivity contribution in [3.05, 3.63) is 113 Å². The summed E-state index contributed by atoms with van der Waals surface area (Å²) >= 11 is 0. The van der Waals surface area contributed by atoms with Crippen LogP contribution in [0.3, 0.4) is 0 Å². The zero-order chi connectivity index (χ0) is 26.4. The van der Waals surface area contributed by atoms with Crippen molar-refractivity contribution in [3.63, 3.8) is 0 Å². The van der Waals surface area contributed by atoms with E-state index in [0.29, 0.717) is 22.6 Å². The van der Waals surface area contributed by atoms with Crippen LogP contribution in [-0.4, -0.2) is 34.9 Å². The lowest BCUT2D eigenvalue weighted by atomic mass is 10.1. The molecule has 0 bridgehead atoms. The van der Waals surface area contributed by atoms with Crippen molar-refractivity contribution in [1.29, 1.82) is 0 Å². The molecule has 8 heteroatoms. The van der Waals surface area contributed by atoms with Gasteiger partial charge in [0.15, 0.2) is 11.5 Å². The molecule has 0 saturated carbocycles. The van der Waals surface area contributed by atoms with Crippen molar-refractivity contribution in [2.45, 2.75) is 20.5 Å². The number of rotatable bonds is 9. The molecule has 1 aromatic heterocycles. The van der Waals surface area contributed by atoms with E-state index < -0.39 is 5.97 Å². The molecule has 0 fully saturated rings. The highest BCUT2D eigenvalue weighted by Crippen LogP contribution is 2.31. The van der Waals surface area contributed by atoms with E-state index in [9.17, 15) is 9.59 Å². The number of hydrazone groups is 1. The summed E-state index contributed by atoms with van der Waals surface area (Å²) in [4.78, 5) is 23.9. The van der Waals surface area contributed by atoms with E-state index >= 15 is 0 Å². The SMILES string of the molecule is COc1cccc(/C=N\NC(=O)c2cccc(-n3c(C)ccc3C)c2)c1OCc1ccc(C(=O)O)cc1. The van der Waals surface area contributed by atoms with E-state index in [1.165, 1.54) is 25.5 Å². The average molecular weight is 498 g/mol. The van der Waals surface area contributed by atoms with Gasteiger partial charge in [-0.1, -0.05) is 24.3 Å². The van der Waals surface area contributed by atoms with E-state index in [1.807, 2.05) is 44.2 Å². The number of benzene rings is 3. The molecule has 0 aliphatic heterocycles. The lowest BCUT2D eigenvalue weighted by Crippen LogP contribution is -2.18. The zero-order valence-corrected chi connectivity index (χ0v) is 20.8. The minimum absolute atomic E-state index is 0.193. The van der Waals surface area contributed by atoms with Crippen molar-refractivity contribution >= 4 is 18.1 Å². The fraction of sp³-hybridized carbons (Fsp3) is 0.138. The number of ether oxygens (including phenoxy) is 2. The molecule has 37 heavy (non-hydrogen) atoms. The van der Waals surface area contributed by atoms with Crippen molar-refractivity contribution in [2.75, 3.05) is 7.11 Å². The van der Waals surface area contributed by atoms with Crippen LogP contribution in [0, 0.1) is 13.8 Å². The van der Waals surface area contributed by atoms with Gasteiger partial charge in [-0.15, -0.1) is 0 Å². The summed E-state index contributed by atoms with van der Waals surface area (Å²) in [6, 6.07) is 23.2. The largest absolute Gasteiger partial charge is 0.493 e. The number of hydrogen-bond acceptors (Lipinski definition) is 5.